The van der Waals surface area contributed by atoms with Gasteiger partial charge in [-0.25, -0.2) is 9.20 Å². The van der Waals surface area contributed by atoms with Crippen LogP contribution in [0.25, 0.3) is 22.4 Å². The van der Waals surface area contributed by atoms with Crippen molar-refractivity contribution in [2.75, 3.05) is 5.73 Å². The lowest BCUT2D eigenvalue weighted by atomic mass is 10.2. The Kier molecular flexibility index (Phi) is 2.06. The first-order valence-corrected chi connectivity index (χ1v) is 6.16. The number of aryl methyl sites for hydroxylation is 1. The monoisotopic (exact) mass is 265 g/mol. The van der Waals surface area contributed by atoms with Gasteiger partial charge in [0.15, 0.2) is 5.65 Å². The van der Waals surface area contributed by atoms with Gasteiger partial charge in [-0.3, -0.25) is 0 Å². The first kappa shape index (κ1) is 10.9. The summed E-state index contributed by atoms with van der Waals surface area (Å²) in [5, 5.41) is 12.5. The third kappa shape index (κ3) is 1.46. The predicted molar refractivity (Wildman–Crippen MR) is 74.6 cm³/mol. The van der Waals surface area contributed by atoms with E-state index in [1.165, 1.54) is 0 Å². The molecule has 0 aliphatic carbocycles. The van der Waals surface area contributed by atoms with Gasteiger partial charge in [0.2, 0.25) is 5.95 Å². The standard InChI is InChI=1S/C13H11N7/c1-8-6-9(7-19-12(8)15-13(14)17-19)20-11-5-3-2-4-10(11)16-18-20/h2-7H,1H3,(H2,14,17). The Hall–Kier alpha value is -2.96. The highest BCUT2D eigenvalue weighted by molar-refractivity contribution is 5.76. The van der Waals surface area contributed by atoms with Crippen molar-refractivity contribution in [2.45, 2.75) is 6.92 Å². The number of pyridine rings is 1. The van der Waals surface area contributed by atoms with E-state index < -0.39 is 0 Å². The summed E-state index contributed by atoms with van der Waals surface area (Å²) in [6.07, 6.45) is 1.84. The van der Waals surface area contributed by atoms with Crippen molar-refractivity contribution >= 4 is 22.6 Å². The summed E-state index contributed by atoms with van der Waals surface area (Å²) in [6.45, 7) is 1.96. The normalized spacial score (nSPS) is 11.4. The molecule has 7 heteroatoms. The Morgan fingerprint density at radius 2 is 2.05 bits per heavy atom. The maximum atomic E-state index is 5.64. The molecular formula is C13H11N7. The maximum absolute atomic E-state index is 5.64. The van der Waals surface area contributed by atoms with Crippen molar-refractivity contribution in [3.8, 4) is 5.69 Å². The Morgan fingerprint density at radius 1 is 1.20 bits per heavy atom. The van der Waals surface area contributed by atoms with Gasteiger partial charge in [0.25, 0.3) is 0 Å². The number of aromatic nitrogens is 6. The lowest BCUT2D eigenvalue weighted by Crippen LogP contribution is -2.01. The number of hydrogen-bond donors (Lipinski definition) is 1. The summed E-state index contributed by atoms with van der Waals surface area (Å²) in [5.74, 6) is 0.258. The van der Waals surface area contributed by atoms with E-state index in [1.54, 1.807) is 9.20 Å². The molecule has 7 nitrogen and oxygen atoms in total. The number of nitrogens with two attached hydrogens (primary N) is 1. The first-order valence-electron chi connectivity index (χ1n) is 6.16. The van der Waals surface area contributed by atoms with Crippen molar-refractivity contribution in [1.82, 2.24) is 29.6 Å². The lowest BCUT2D eigenvalue weighted by molar-refractivity contribution is 0.809. The summed E-state index contributed by atoms with van der Waals surface area (Å²) >= 11 is 0. The molecule has 1 aromatic carbocycles. The number of fused-ring (bicyclic) bond motifs is 2. The van der Waals surface area contributed by atoms with E-state index in [-0.39, 0.29) is 5.95 Å². The van der Waals surface area contributed by atoms with Gasteiger partial charge in [-0.05, 0) is 30.7 Å². The van der Waals surface area contributed by atoms with Gasteiger partial charge >= 0.3 is 0 Å². The van der Waals surface area contributed by atoms with Crippen LogP contribution >= 0.6 is 0 Å². The van der Waals surface area contributed by atoms with E-state index in [0.29, 0.717) is 0 Å². The van der Waals surface area contributed by atoms with E-state index in [4.69, 9.17) is 5.73 Å². The van der Waals surface area contributed by atoms with Crippen molar-refractivity contribution in [1.29, 1.82) is 0 Å². The molecule has 0 radical (unpaired) electrons. The van der Waals surface area contributed by atoms with Gasteiger partial charge in [0, 0.05) is 0 Å². The summed E-state index contributed by atoms with van der Waals surface area (Å²) in [7, 11) is 0. The molecule has 0 aliphatic heterocycles. The topological polar surface area (TPSA) is 86.9 Å². The number of anilines is 1. The van der Waals surface area contributed by atoms with Crippen LogP contribution in [0, 0.1) is 6.92 Å². The van der Waals surface area contributed by atoms with Crippen LogP contribution in [-0.2, 0) is 0 Å². The minimum Gasteiger partial charge on any atom is -0.366 e. The van der Waals surface area contributed by atoms with Crippen molar-refractivity contribution in [2.24, 2.45) is 0 Å². The molecule has 4 rings (SSSR count). The minimum atomic E-state index is 0.258. The molecule has 0 aliphatic rings. The number of benzene rings is 1. The smallest absolute Gasteiger partial charge is 0.240 e. The largest absolute Gasteiger partial charge is 0.366 e. The average molecular weight is 265 g/mol. The van der Waals surface area contributed by atoms with Gasteiger partial charge in [-0.15, -0.1) is 10.2 Å². The van der Waals surface area contributed by atoms with E-state index >= 15 is 0 Å². The van der Waals surface area contributed by atoms with Crippen LogP contribution in [-0.4, -0.2) is 29.6 Å². The second-order valence-corrected chi connectivity index (χ2v) is 4.61. The molecule has 0 saturated heterocycles. The van der Waals surface area contributed by atoms with Crippen LogP contribution in [0.4, 0.5) is 5.95 Å². The molecule has 0 fully saturated rings. The van der Waals surface area contributed by atoms with Crippen LogP contribution in [0.1, 0.15) is 5.56 Å². The molecule has 4 aromatic rings. The van der Waals surface area contributed by atoms with Crippen LogP contribution in [0.5, 0.6) is 0 Å². The fraction of sp³-hybridized carbons (Fsp3) is 0.0769. The molecule has 3 aromatic heterocycles. The Balaban J connectivity index is 2.02. The van der Waals surface area contributed by atoms with E-state index in [9.17, 15) is 0 Å². The highest BCUT2D eigenvalue weighted by Crippen LogP contribution is 2.19. The zero-order valence-electron chi connectivity index (χ0n) is 10.7. The van der Waals surface area contributed by atoms with Crippen LogP contribution < -0.4 is 5.73 Å². The zero-order chi connectivity index (χ0) is 13.7. The number of nitrogen functional groups attached to an aromatic ring is 1. The van der Waals surface area contributed by atoms with Gasteiger partial charge in [-0.1, -0.05) is 17.3 Å². The number of para-hydroxylation sites is 1. The number of hydrogen-bond acceptors (Lipinski definition) is 5. The summed E-state index contributed by atoms with van der Waals surface area (Å²) in [6, 6.07) is 9.79. The van der Waals surface area contributed by atoms with Gasteiger partial charge in [0.05, 0.1) is 17.4 Å². The highest BCUT2D eigenvalue weighted by atomic mass is 15.4. The fourth-order valence-corrected chi connectivity index (χ4v) is 2.32. The second kappa shape index (κ2) is 3.77. The quantitative estimate of drug-likeness (QED) is 0.561. The fourth-order valence-electron chi connectivity index (χ4n) is 2.32. The van der Waals surface area contributed by atoms with Crippen molar-refractivity contribution in [3.63, 3.8) is 0 Å². The summed E-state index contributed by atoms with van der Waals surface area (Å²) in [5.41, 5.74) is 10.0. The Bertz CT molecular complexity index is 934. The molecule has 20 heavy (non-hydrogen) atoms. The van der Waals surface area contributed by atoms with Gasteiger partial charge in [0.1, 0.15) is 5.52 Å². The molecule has 98 valence electrons. The molecule has 0 unspecified atom stereocenters. The van der Waals surface area contributed by atoms with E-state index in [0.717, 1.165) is 27.9 Å². The van der Waals surface area contributed by atoms with Crippen molar-refractivity contribution < 1.29 is 0 Å². The lowest BCUT2D eigenvalue weighted by Gasteiger charge is -2.04. The van der Waals surface area contributed by atoms with Gasteiger partial charge in [-0.2, -0.15) is 4.98 Å². The SMILES string of the molecule is Cc1cc(-n2nnc3ccccc32)cn2nc(N)nc12. The van der Waals surface area contributed by atoms with E-state index in [2.05, 4.69) is 20.4 Å². The molecule has 0 saturated carbocycles. The summed E-state index contributed by atoms with van der Waals surface area (Å²) < 4.78 is 3.44. The number of nitrogens with zero attached hydrogens (tertiary/aromatic N) is 6. The van der Waals surface area contributed by atoms with Crippen LogP contribution in [0.15, 0.2) is 36.5 Å². The Labute approximate surface area is 113 Å². The van der Waals surface area contributed by atoms with Crippen LogP contribution in [0.2, 0.25) is 0 Å². The second-order valence-electron chi connectivity index (χ2n) is 4.61. The molecule has 0 bridgehead atoms. The van der Waals surface area contributed by atoms with Gasteiger partial charge < -0.3 is 5.73 Å². The zero-order valence-corrected chi connectivity index (χ0v) is 10.7. The molecule has 0 spiro atoms. The molecule has 0 amide bonds. The summed E-state index contributed by atoms with van der Waals surface area (Å²) in [4.78, 5) is 4.18. The molecular weight excluding hydrogens is 254 g/mol. The third-order valence-electron chi connectivity index (χ3n) is 3.22. The molecule has 0 atom stereocenters. The van der Waals surface area contributed by atoms with Crippen LogP contribution in [0.3, 0.4) is 0 Å². The third-order valence-corrected chi connectivity index (χ3v) is 3.22. The van der Waals surface area contributed by atoms with Crippen molar-refractivity contribution in [3.05, 3.63) is 42.1 Å². The number of rotatable bonds is 1. The maximum Gasteiger partial charge on any atom is 0.240 e. The predicted octanol–water partition coefficient (Wildman–Crippen LogP) is 1.35. The van der Waals surface area contributed by atoms with E-state index in [1.807, 2.05) is 43.5 Å². The minimum absolute atomic E-state index is 0.258. The molecule has 2 N–H and O–H groups in total. The first-order chi connectivity index (χ1) is 9.72. The molecule has 3 heterocycles. The highest BCUT2D eigenvalue weighted by Gasteiger charge is 2.10. The Morgan fingerprint density at radius 3 is 2.95 bits per heavy atom. The average Bonchev–Trinajstić information content (AvgIpc) is 3.01.